The van der Waals surface area contributed by atoms with E-state index in [9.17, 15) is 23.3 Å². The average molecular weight is 427 g/mol. The molecule has 1 fully saturated rings. The van der Waals surface area contributed by atoms with Crippen LogP contribution in [-0.2, 0) is 14.8 Å². The van der Waals surface area contributed by atoms with Gasteiger partial charge in [-0.1, -0.05) is 27.2 Å². The Hall–Kier alpha value is -2.20. The number of piperidine rings is 1. The highest BCUT2D eigenvalue weighted by molar-refractivity contribution is 7.89. The molecule has 0 aromatic heterocycles. The number of nitro benzene ring substituents is 1. The Kier molecular flexibility index (Phi) is 7.23. The first-order chi connectivity index (χ1) is 13.4. The van der Waals surface area contributed by atoms with Crippen LogP contribution in [0.1, 0.15) is 52.9 Å². The van der Waals surface area contributed by atoms with Crippen LogP contribution in [0, 0.1) is 15.5 Å². The van der Waals surface area contributed by atoms with E-state index in [0.717, 1.165) is 25.3 Å². The maximum atomic E-state index is 12.8. The summed E-state index contributed by atoms with van der Waals surface area (Å²) in [5.41, 5.74) is 5.11. The lowest BCUT2D eigenvalue weighted by Crippen LogP contribution is -2.36. The van der Waals surface area contributed by atoms with Crippen LogP contribution in [-0.4, -0.2) is 42.7 Å². The van der Waals surface area contributed by atoms with Crippen molar-refractivity contribution < 1.29 is 18.1 Å². The number of hydrogen-bond acceptors (Lipinski definition) is 6. The molecule has 1 aliphatic rings. The molecule has 0 aliphatic carbocycles. The molecular formula is C19H30N4O5S. The molecule has 1 heterocycles. The summed E-state index contributed by atoms with van der Waals surface area (Å²) in [5, 5.41) is 14.4. The standard InChI is InChI=1S/C19H30N4O5S/c1-19(2,3)10-9-16(18(20)24)21-15-8-7-14(13-17(15)23(25)26)29(27,28)22-11-5-4-6-12-22/h7-8,13,16,21H,4-6,9-12H2,1-3H3,(H2,20,24). The molecule has 10 heteroatoms. The second-order valence-corrected chi connectivity index (χ2v) is 10.5. The molecule has 29 heavy (non-hydrogen) atoms. The van der Waals surface area contributed by atoms with Crippen LogP contribution in [0.15, 0.2) is 23.1 Å². The minimum absolute atomic E-state index is 0.0340. The number of nitro groups is 1. The third-order valence-corrected chi connectivity index (χ3v) is 6.87. The molecule has 0 bridgehead atoms. The topological polar surface area (TPSA) is 136 Å². The van der Waals surface area contributed by atoms with E-state index in [4.69, 9.17) is 5.73 Å². The molecular weight excluding hydrogens is 396 g/mol. The maximum Gasteiger partial charge on any atom is 0.293 e. The quantitative estimate of drug-likeness (QED) is 0.484. The van der Waals surface area contributed by atoms with E-state index in [2.05, 4.69) is 5.32 Å². The van der Waals surface area contributed by atoms with Crippen LogP contribution >= 0.6 is 0 Å². The highest BCUT2D eigenvalue weighted by atomic mass is 32.2. The van der Waals surface area contributed by atoms with Gasteiger partial charge in [-0.2, -0.15) is 4.31 Å². The minimum atomic E-state index is -3.80. The molecule has 1 aliphatic heterocycles. The molecule has 1 aromatic carbocycles. The average Bonchev–Trinajstić information content (AvgIpc) is 2.64. The SMILES string of the molecule is CC(C)(C)CCC(Nc1ccc(S(=O)(=O)N2CCCCC2)cc1[N+](=O)[O-])C(N)=O. The second kappa shape index (κ2) is 9.08. The summed E-state index contributed by atoms with van der Waals surface area (Å²) in [4.78, 5) is 22.6. The molecule has 0 radical (unpaired) electrons. The number of nitrogens with one attached hydrogen (secondary N) is 1. The lowest BCUT2D eigenvalue weighted by Gasteiger charge is -2.26. The van der Waals surface area contributed by atoms with Gasteiger partial charge in [0.25, 0.3) is 5.69 Å². The van der Waals surface area contributed by atoms with E-state index in [1.165, 1.54) is 16.4 Å². The Bertz CT molecular complexity index is 858. The van der Waals surface area contributed by atoms with Gasteiger partial charge in [0.2, 0.25) is 15.9 Å². The third kappa shape index (κ3) is 6.14. The van der Waals surface area contributed by atoms with Gasteiger partial charge in [-0.05, 0) is 43.2 Å². The number of nitrogens with two attached hydrogens (primary N) is 1. The van der Waals surface area contributed by atoms with Crippen molar-refractivity contribution in [1.82, 2.24) is 4.31 Å². The molecule has 1 unspecified atom stereocenters. The molecule has 0 saturated carbocycles. The number of carbonyl (C=O) groups excluding carboxylic acids is 1. The number of benzene rings is 1. The third-order valence-electron chi connectivity index (χ3n) is 4.97. The van der Waals surface area contributed by atoms with Gasteiger partial charge in [-0.3, -0.25) is 14.9 Å². The van der Waals surface area contributed by atoms with E-state index < -0.39 is 32.6 Å². The molecule has 162 valence electrons. The van der Waals surface area contributed by atoms with Crippen LogP contribution in [0.5, 0.6) is 0 Å². The van der Waals surface area contributed by atoms with Crippen molar-refractivity contribution in [3.63, 3.8) is 0 Å². The molecule has 1 saturated heterocycles. The second-order valence-electron chi connectivity index (χ2n) is 8.60. The van der Waals surface area contributed by atoms with Crippen molar-refractivity contribution in [2.24, 2.45) is 11.1 Å². The van der Waals surface area contributed by atoms with E-state index in [-0.39, 0.29) is 16.0 Å². The molecule has 2 rings (SSSR count). The fourth-order valence-electron chi connectivity index (χ4n) is 3.25. The highest BCUT2D eigenvalue weighted by Crippen LogP contribution is 2.31. The van der Waals surface area contributed by atoms with Gasteiger partial charge in [-0.25, -0.2) is 8.42 Å². The van der Waals surface area contributed by atoms with E-state index in [0.29, 0.717) is 25.9 Å². The number of nitrogens with zero attached hydrogens (tertiary/aromatic N) is 2. The summed E-state index contributed by atoms with van der Waals surface area (Å²) in [6.07, 6.45) is 3.61. The van der Waals surface area contributed by atoms with Crippen LogP contribution in [0.2, 0.25) is 0 Å². The summed E-state index contributed by atoms with van der Waals surface area (Å²) >= 11 is 0. The van der Waals surface area contributed by atoms with Gasteiger partial charge in [0.05, 0.1) is 9.82 Å². The number of rotatable bonds is 8. The Labute approximate surface area is 171 Å². The first-order valence-electron chi connectivity index (χ1n) is 9.76. The minimum Gasteiger partial charge on any atom is -0.368 e. The summed E-state index contributed by atoms with van der Waals surface area (Å²) < 4.78 is 27.0. The first kappa shape index (κ1) is 23.1. The summed E-state index contributed by atoms with van der Waals surface area (Å²) in [5.74, 6) is -0.617. The number of sulfonamides is 1. The van der Waals surface area contributed by atoms with Crippen LogP contribution < -0.4 is 11.1 Å². The molecule has 3 N–H and O–H groups in total. The molecule has 0 spiro atoms. The largest absolute Gasteiger partial charge is 0.368 e. The molecule has 1 amide bonds. The predicted octanol–water partition coefficient (Wildman–Crippen LogP) is 2.86. The number of hydrogen-bond donors (Lipinski definition) is 2. The maximum absolute atomic E-state index is 12.8. The number of primary amides is 1. The van der Waals surface area contributed by atoms with Crippen molar-refractivity contribution >= 4 is 27.3 Å². The Morgan fingerprint density at radius 3 is 2.41 bits per heavy atom. The Morgan fingerprint density at radius 2 is 1.90 bits per heavy atom. The zero-order chi connectivity index (χ0) is 21.8. The van der Waals surface area contributed by atoms with Crippen molar-refractivity contribution in [1.29, 1.82) is 0 Å². The van der Waals surface area contributed by atoms with Crippen molar-refractivity contribution in [2.75, 3.05) is 18.4 Å². The van der Waals surface area contributed by atoms with Crippen molar-refractivity contribution in [3.05, 3.63) is 28.3 Å². The van der Waals surface area contributed by atoms with Gasteiger partial charge in [-0.15, -0.1) is 0 Å². The lowest BCUT2D eigenvalue weighted by atomic mass is 9.88. The van der Waals surface area contributed by atoms with Gasteiger partial charge in [0.1, 0.15) is 11.7 Å². The zero-order valence-corrected chi connectivity index (χ0v) is 18.0. The zero-order valence-electron chi connectivity index (χ0n) is 17.2. The van der Waals surface area contributed by atoms with Crippen LogP contribution in [0.3, 0.4) is 0 Å². The predicted molar refractivity (Wildman–Crippen MR) is 111 cm³/mol. The highest BCUT2D eigenvalue weighted by Gasteiger charge is 2.29. The number of amides is 1. The van der Waals surface area contributed by atoms with Gasteiger partial charge in [0.15, 0.2) is 0 Å². The van der Waals surface area contributed by atoms with Gasteiger partial charge in [0, 0.05) is 19.2 Å². The fraction of sp³-hybridized carbons (Fsp3) is 0.632. The first-order valence-corrected chi connectivity index (χ1v) is 11.2. The lowest BCUT2D eigenvalue weighted by molar-refractivity contribution is -0.384. The van der Waals surface area contributed by atoms with Crippen molar-refractivity contribution in [2.45, 2.75) is 63.8 Å². The summed E-state index contributed by atoms with van der Waals surface area (Å²) in [6, 6.07) is 2.93. The van der Waals surface area contributed by atoms with Crippen LogP contribution in [0.4, 0.5) is 11.4 Å². The van der Waals surface area contributed by atoms with E-state index in [1.54, 1.807) is 0 Å². The smallest absolute Gasteiger partial charge is 0.293 e. The summed E-state index contributed by atoms with van der Waals surface area (Å²) in [6.45, 7) is 6.88. The monoisotopic (exact) mass is 426 g/mol. The molecule has 9 nitrogen and oxygen atoms in total. The normalized spacial score (nSPS) is 16.9. The summed E-state index contributed by atoms with van der Waals surface area (Å²) in [7, 11) is -3.80. The van der Waals surface area contributed by atoms with Crippen molar-refractivity contribution in [3.8, 4) is 0 Å². The fourth-order valence-corrected chi connectivity index (χ4v) is 4.79. The number of carbonyl (C=O) groups is 1. The molecule has 1 aromatic rings. The van der Waals surface area contributed by atoms with Crippen LogP contribution in [0.25, 0.3) is 0 Å². The Morgan fingerprint density at radius 1 is 1.28 bits per heavy atom. The van der Waals surface area contributed by atoms with E-state index in [1.807, 2.05) is 20.8 Å². The van der Waals surface area contributed by atoms with E-state index >= 15 is 0 Å². The van der Waals surface area contributed by atoms with Gasteiger partial charge < -0.3 is 11.1 Å². The molecule has 1 atom stereocenters. The Balaban J connectivity index is 2.31. The van der Waals surface area contributed by atoms with Gasteiger partial charge >= 0.3 is 0 Å². The number of anilines is 1.